The molecular formula is C31H32FNOS. The zero-order valence-electron chi connectivity index (χ0n) is 20.3. The molecule has 4 aromatic carbocycles. The van der Waals surface area contributed by atoms with Gasteiger partial charge in [-0.05, 0) is 109 Å². The lowest BCUT2D eigenvalue weighted by Gasteiger charge is -2.18. The summed E-state index contributed by atoms with van der Waals surface area (Å²) in [7, 11) is 0. The second kappa shape index (κ2) is 12.1. The average molecular weight is 486 g/mol. The fourth-order valence-electron chi connectivity index (χ4n) is 4.46. The van der Waals surface area contributed by atoms with Crippen molar-refractivity contribution < 1.29 is 9.13 Å². The highest BCUT2D eigenvalue weighted by molar-refractivity contribution is 7.78. The highest BCUT2D eigenvalue weighted by Crippen LogP contribution is 2.31. The van der Waals surface area contributed by atoms with E-state index in [1.807, 2.05) is 12.1 Å². The quantitative estimate of drug-likeness (QED) is 0.220. The number of halogens is 1. The molecule has 4 rings (SSSR count). The van der Waals surface area contributed by atoms with Gasteiger partial charge in [0.25, 0.3) is 0 Å². The molecule has 0 aliphatic heterocycles. The van der Waals surface area contributed by atoms with E-state index in [0.29, 0.717) is 11.7 Å². The van der Waals surface area contributed by atoms with E-state index < -0.39 is 0 Å². The van der Waals surface area contributed by atoms with Crippen molar-refractivity contribution in [1.82, 2.24) is 4.72 Å². The first-order chi connectivity index (χ1) is 17.0. The van der Waals surface area contributed by atoms with Crippen molar-refractivity contribution in [2.75, 3.05) is 6.54 Å². The number of thiol groups is 1. The van der Waals surface area contributed by atoms with Crippen LogP contribution in [0.2, 0.25) is 0 Å². The Morgan fingerprint density at radius 2 is 1.57 bits per heavy atom. The van der Waals surface area contributed by atoms with Crippen LogP contribution in [-0.4, -0.2) is 6.54 Å². The maximum Gasteiger partial charge on any atom is 0.127 e. The largest absolute Gasteiger partial charge is 0.457 e. The lowest BCUT2D eigenvalue weighted by Crippen LogP contribution is -2.09. The topological polar surface area (TPSA) is 21.3 Å². The van der Waals surface area contributed by atoms with Gasteiger partial charge in [0.2, 0.25) is 0 Å². The molecule has 0 aromatic heterocycles. The Morgan fingerprint density at radius 1 is 0.829 bits per heavy atom. The summed E-state index contributed by atoms with van der Waals surface area (Å²) < 4.78 is 22.1. The standard InChI is InChI=1S/C31H32FNOS/c1-22-5-3-8-31(23(22)2)27-13-11-25(12-14-27)26(19-20-33-35)10-9-24-6-4-7-30(21-24)34-29-17-15-28(32)16-18-29/h3-8,11-18,21,26,33,35H,9-10,19-20H2,1-2H3. The van der Waals surface area contributed by atoms with Crippen molar-refractivity contribution >= 4 is 12.8 Å². The summed E-state index contributed by atoms with van der Waals surface area (Å²) in [5.74, 6) is 1.55. The van der Waals surface area contributed by atoms with Gasteiger partial charge in [0.05, 0.1) is 0 Å². The predicted molar refractivity (Wildman–Crippen MR) is 147 cm³/mol. The Labute approximate surface area is 213 Å². The van der Waals surface area contributed by atoms with Crippen LogP contribution in [0, 0.1) is 19.7 Å². The minimum Gasteiger partial charge on any atom is -0.457 e. The van der Waals surface area contributed by atoms with Gasteiger partial charge in [-0.1, -0.05) is 67.4 Å². The minimum atomic E-state index is -0.269. The summed E-state index contributed by atoms with van der Waals surface area (Å²) in [6.07, 6.45) is 2.98. The van der Waals surface area contributed by atoms with E-state index >= 15 is 0 Å². The first-order valence-corrected chi connectivity index (χ1v) is 12.5. The lowest BCUT2D eigenvalue weighted by molar-refractivity contribution is 0.479. The monoisotopic (exact) mass is 485 g/mol. The molecule has 4 aromatic rings. The number of hydrogen-bond acceptors (Lipinski definition) is 3. The molecule has 35 heavy (non-hydrogen) atoms. The maximum atomic E-state index is 13.2. The van der Waals surface area contributed by atoms with Crippen molar-refractivity contribution in [2.24, 2.45) is 0 Å². The van der Waals surface area contributed by atoms with Gasteiger partial charge < -0.3 is 4.74 Å². The number of nitrogens with one attached hydrogen (secondary N) is 1. The molecule has 180 valence electrons. The second-order valence-electron chi connectivity index (χ2n) is 9.01. The van der Waals surface area contributed by atoms with Gasteiger partial charge in [-0.3, -0.25) is 4.72 Å². The highest BCUT2D eigenvalue weighted by Gasteiger charge is 2.13. The van der Waals surface area contributed by atoms with E-state index in [4.69, 9.17) is 4.74 Å². The normalized spacial score (nSPS) is 11.9. The average Bonchev–Trinajstić information content (AvgIpc) is 2.88. The molecule has 0 saturated carbocycles. The van der Waals surface area contributed by atoms with Crippen LogP contribution in [0.3, 0.4) is 0 Å². The highest BCUT2D eigenvalue weighted by atomic mass is 32.1. The summed E-state index contributed by atoms with van der Waals surface area (Å²) in [6.45, 7) is 5.20. The lowest BCUT2D eigenvalue weighted by atomic mass is 9.88. The van der Waals surface area contributed by atoms with E-state index in [-0.39, 0.29) is 5.82 Å². The van der Waals surface area contributed by atoms with Crippen LogP contribution in [-0.2, 0) is 6.42 Å². The molecule has 1 atom stereocenters. The molecule has 0 heterocycles. The molecular weight excluding hydrogens is 453 g/mol. The third-order valence-corrected chi connectivity index (χ3v) is 6.86. The van der Waals surface area contributed by atoms with Crippen LogP contribution >= 0.6 is 12.8 Å². The third kappa shape index (κ3) is 6.74. The second-order valence-corrected chi connectivity index (χ2v) is 9.32. The number of aryl methyl sites for hydroxylation is 2. The van der Waals surface area contributed by atoms with E-state index in [0.717, 1.165) is 31.6 Å². The van der Waals surface area contributed by atoms with Gasteiger partial charge in [0.1, 0.15) is 17.3 Å². The zero-order valence-corrected chi connectivity index (χ0v) is 21.2. The van der Waals surface area contributed by atoms with Crippen molar-refractivity contribution in [3.8, 4) is 22.6 Å². The van der Waals surface area contributed by atoms with Crippen LogP contribution in [0.4, 0.5) is 4.39 Å². The van der Waals surface area contributed by atoms with Crippen LogP contribution in [0.15, 0.2) is 91.0 Å². The van der Waals surface area contributed by atoms with Gasteiger partial charge in [-0.2, -0.15) is 0 Å². The van der Waals surface area contributed by atoms with Crippen molar-refractivity contribution in [3.05, 3.63) is 119 Å². The number of benzene rings is 4. The molecule has 0 amide bonds. The first kappa shape index (κ1) is 25.0. The molecule has 0 saturated heterocycles. The maximum absolute atomic E-state index is 13.2. The molecule has 1 N–H and O–H groups in total. The summed E-state index contributed by atoms with van der Waals surface area (Å²) in [5.41, 5.74) is 7.77. The third-order valence-electron chi connectivity index (χ3n) is 6.63. The summed E-state index contributed by atoms with van der Waals surface area (Å²) >= 11 is 4.21. The Balaban J connectivity index is 1.45. The molecule has 0 aliphatic rings. The van der Waals surface area contributed by atoms with Crippen molar-refractivity contribution in [1.29, 1.82) is 0 Å². The predicted octanol–water partition coefficient (Wildman–Crippen LogP) is 8.44. The molecule has 0 radical (unpaired) electrons. The smallest absolute Gasteiger partial charge is 0.127 e. The van der Waals surface area contributed by atoms with Crippen LogP contribution in [0.1, 0.15) is 41.0 Å². The summed E-state index contributed by atoms with van der Waals surface area (Å²) in [5, 5.41) is 0. The minimum absolute atomic E-state index is 0.269. The molecule has 1 unspecified atom stereocenters. The SMILES string of the molecule is Cc1cccc(-c2ccc(C(CCNS)CCc3cccc(Oc4ccc(F)cc4)c3)cc2)c1C. The fourth-order valence-corrected chi connectivity index (χ4v) is 4.59. The van der Waals surface area contributed by atoms with Gasteiger partial charge in [-0.15, -0.1) is 0 Å². The van der Waals surface area contributed by atoms with E-state index in [1.165, 1.54) is 45.5 Å². The molecule has 0 aliphatic carbocycles. The molecule has 0 spiro atoms. The molecule has 2 nitrogen and oxygen atoms in total. The Kier molecular flexibility index (Phi) is 8.62. The molecule has 0 bridgehead atoms. The molecule has 0 fully saturated rings. The van der Waals surface area contributed by atoms with E-state index in [2.05, 4.69) is 86.0 Å². The van der Waals surface area contributed by atoms with Crippen molar-refractivity contribution in [2.45, 2.75) is 39.0 Å². The van der Waals surface area contributed by atoms with E-state index in [1.54, 1.807) is 12.1 Å². The fraction of sp³-hybridized carbons (Fsp3) is 0.226. The van der Waals surface area contributed by atoms with E-state index in [9.17, 15) is 4.39 Å². The molecule has 4 heteroatoms. The van der Waals surface area contributed by atoms with Crippen LogP contribution < -0.4 is 9.46 Å². The van der Waals surface area contributed by atoms with Gasteiger partial charge >= 0.3 is 0 Å². The van der Waals surface area contributed by atoms with Crippen LogP contribution in [0.5, 0.6) is 11.5 Å². The Morgan fingerprint density at radius 3 is 2.31 bits per heavy atom. The summed E-state index contributed by atoms with van der Waals surface area (Å²) in [4.78, 5) is 0. The number of hydrogen-bond donors (Lipinski definition) is 2. The zero-order chi connectivity index (χ0) is 24.6. The number of ether oxygens (including phenoxy) is 1. The number of rotatable bonds is 10. The Bertz CT molecular complexity index is 1240. The van der Waals surface area contributed by atoms with Gasteiger partial charge in [0, 0.05) is 6.54 Å². The van der Waals surface area contributed by atoms with Crippen molar-refractivity contribution in [3.63, 3.8) is 0 Å². The first-order valence-electron chi connectivity index (χ1n) is 12.1. The van der Waals surface area contributed by atoms with Gasteiger partial charge in [-0.25, -0.2) is 4.39 Å². The Hall–Kier alpha value is -3.08. The summed E-state index contributed by atoms with van der Waals surface area (Å²) in [6, 6.07) is 29.8. The van der Waals surface area contributed by atoms with Crippen LogP contribution in [0.25, 0.3) is 11.1 Å². The van der Waals surface area contributed by atoms with Gasteiger partial charge in [0.15, 0.2) is 0 Å².